The van der Waals surface area contributed by atoms with Crippen LogP contribution in [-0.2, 0) is 4.74 Å². The highest BCUT2D eigenvalue weighted by Gasteiger charge is 2.23. The number of hydrogen-bond donors (Lipinski definition) is 0. The van der Waals surface area contributed by atoms with Gasteiger partial charge in [-0.05, 0) is 18.2 Å². The maximum Gasteiger partial charge on any atom is 0.358 e. The highest BCUT2D eigenvalue weighted by atomic mass is 35.5. The topological polar surface area (TPSA) is 56.3 Å². The van der Waals surface area contributed by atoms with Crippen LogP contribution in [-0.4, -0.2) is 23.8 Å². The van der Waals surface area contributed by atoms with Gasteiger partial charge in [-0.1, -0.05) is 23.2 Å². The van der Waals surface area contributed by atoms with Gasteiger partial charge in [0.05, 0.1) is 12.1 Å². The Balaban J connectivity index is 2.61. The number of thiazole rings is 1. The molecule has 0 saturated heterocycles. The minimum Gasteiger partial charge on any atom is -0.464 e. The molecule has 0 N–H and O–H groups in total. The zero-order valence-electron chi connectivity index (χ0n) is 10.6. The largest absolute Gasteiger partial charge is 0.464 e. The fraction of sp³-hybridized carbons (Fsp3) is 0.154. The summed E-state index contributed by atoms with van der Waals surface area (Å²) >= 11 is 13.1. The second kappa shape index (κ2) is 5.91. The van der Waals surface area contributed by atoms with Crippen LogP contribution in [0.2, 0.25) is 10.0 Å². The highest BCUT2D eigenvalue weighted by molar-refractivity contribution is 7.17. The van der Waals surface area contributed by atoms with Gasteiger partial charge < -0.3 is 4.74 Å². The summed E-state index contributed by atoms with van der Waals surface area (Å²) in [5.74, 6) is -0.914. The van der Waals surface area contributed by atoms with Crippen LogP contribution in [0.15, 0.2) is 18.2 Å². The minimum atomic E-state index is -0.657. The molecule has 1 aromatic heterocycles. The van der Waals surface area contributed by atoms with Crippen molar-refractivity contribution in [3.63, 3.8) is 0 Å². The summed E-state index contributed by atoms with van der Waals surface area (Å²) in [5.41, 5.74) is 0.567. The van der Waals surface area contributed by atoms with Gasteiger partial charge in [0.25, 0.3) is 0 Å². The molecule has 7 heteroatoms. The number of Topliss-reactive ketones (excluding diaryl/α,β-unsaturated/α-hetero) is 1. The van der Waals surface area contributed by atoms with Crippen LogP contribution >= 0.6 is 34.5 Å². The smallest absolute Gasteiger partial charge is 0.358 e. The number of carbonyl (C=O) groups is 2. The molecule has 1 heterocycles. The van der Waals surface area contributed by atoms with Gasteiger partial charge in [-0.25, -0.2) is 9.78 Å². The molecule has 0 fully saturated rings. The third kappa shape index (κ3) is 2.85. The van der Waals surface area contributed by atoms with Crippen LogP contribution in [0.3, 0.4) is 0 Å². The molecule has 0 saturated carbocycles. The minimum absolute atomic E-state index is 0.00366. The fourth-order valence-electron chi connectivity index (χ4n) is 1.57. The van der Waals surface area contributed by atoms with Gasteiger partial charge in [0, 0.05) is 17.5 Å². The third-order valence-electron chi connectivity index (χ3n) is 2.48. The van der Waals surface area contributed by atoms with Crippen molar-refractivity contribution in [2.75, 3.05) is 7.11 Å². The Kier molecular flexibility index (Phi) is 4.42. The lowest BCUT2D eigenvalue weighted by atomic mass is 10.2. The Morgan fingerprint density at radius 2 is 2.00 bits per heavy atom. The normalized spacial score (nSPS) is 10.4. The molecule has 0 spiro atoms. The fourth-order valence-corrected chi connectivity index (χ4v) is 2.98. The molecule has 2 rings (SSSR count). The number of rotatable bonds is 3. The van der Waals surface area contributed by atoms with Crippen molar-refractivity contribution in [3.8, 4) is 10.6 Å². The number of hydrogen-bond acceptors (Lipinski definition) is 5. The second-order valence-corrected chi connectivity index (χ2v) is 5.71. The zero-order valence-corrected chi connectivity index (χ0v) is 12.9. The van der Waals surface area contributed by atoms with E-state index in [1.165, 1.54) is 14.0 Å². The molecular weight excluding hydrogens is 321 g/mol. The number of nitrogens with zero attached hydrogens (tertiary/aromatic N) is 1. The van der Waals surface area contributed by atoms with Crippen molar-refractivity contribution in [2.45, 2.75) is 6.92 Å². The van der Waals surface area contributed by atoms with E-state index < -0.39 is 5.97 Å². The summed E-state index contributed by atoms with van der Waals surface area (Å²) in [6.45, 7) is 1.36. The Morgan fingerprint density at radius 1 is 1.30 bits per heavy atom. The summed E-state index contributed by atoms with van der Waals surface area (Å²) in [7, 11) is 1.23. The average Bonchev–Trinajstić information content (AvgIpc) is 2.85. The maximum atomic E-state index is 11.6. The monoisotopic (exact) mass is 329 g/mol. The number of benzene rings is 1. The number of esters is 1. The van der Waals surface area contributed by atoms with Crippen LogP contribution < -0.4 is 0 Å². The number of carbonyl (C=O) groups excluding carboxylic acids is 2. The van der Waals surface area contributed by atoms with Crippen LogP contribution in [0.5, 0.6) is 0 Å². The molecule has 1 aromatic carbocycles. The lowest BCUT2D eigenvalue weighted by molar-refractivity contribution is 0.0591. The van der Waals surface area contributed by atoms with Gasteiger partial charge in [0.15, 0.2) is 11.5 Å². The van der Waals surface area contributed by atoms with Crippen molar-refractivity contribution in [1.82, 2.24) is 4.98 Å². The SMILES string of the molecule is COC(=O)c1nc(-c2cc(Cl)ccc2Cl)sc1C(C)=O. The molecule has 20 heavy (non-hydrogen) atoms. The summed E-state index contributed by atoms with van der Waals surface area (Å²) in [4.78, 5) is 27.6. The van der Waals surface area contributed by atoms with E-state index in [1.54, 1.807) is 18.2 Å². The zero-order chi connectivity index (χ0) is 14.9. The molecule has 0 amide bonds. The van der Waals surface area contributed by atoms with Crippen molar-refractivity contribution >= 4 is 46.3 Å². The summed E-state index contributed by atoms with van der Waals surface area (Å²) in [6.07, 6.45) is 0. The van der Waals surface area contributed by atoms with Gasteiger partial charge in [0.2, 0.25) is 0 Å². The van der Waals surface area contributed by atoms with E-state index in [-0.39, 0.29) is 16.4 Å². The summed E-state index contributed by atoms with van der Waals surface area (Å²) < 4.78 is 4.62. The molecular formula is C13H9Cl2NO3S. The van der Waals surface area contributed by atoms with Gasteiger partial charge in [-0.2, -0.15) is 0 Å². The van der Waals surface area contributed by atoms with Crippen LogP contribution in [0.25, 0.3) is 10.6 Å². The van der Waals surface area contributed by atoms with E-state index in [2.05, 4.69) is 9.72 Å². The molecule has 2 aromatic rings. The molecule has 0 aliphatic heterocycles. The van der Waals surface area contributed by atoms with E-state index in [0.717, 1.165) is 11.3 Å². The number of ketones is 1. The Hall–Kier alpha value is -1.43. The van der Waals surface area contributed by atoms with Crippen LogP contribution in [0, 0.1) is 0 Å². The van der Waals surface area contributed by atoms with Gasteiger partial charge >= 0.3 is 5.97 Å². The predicted octanol–water partition coefficient (Wildman–Crippen LogP) is 4.11. The maximum absolute atomic E-state index is 11.6. The molecule has 0 aliphatic carbocycles. The first kappa shape index (κ1) is 15.0. The van der Waals surface area contributed by atoms with E-state index in [0.29, 0.717) is 20.6 Å². The lowest BCUT2D eigenvalue weighted by Crippen LogP contribution is -2.06. The van der Waals surface area contributed by atoms with Crippen LogP contribution in [0.1, 0.15) is 27.1 Å². The number of methoxy groups -OCH3 is 1. The quantitative estimate of drug-likeness (QED) is 0.628. The van der Waals surface area contributed by atoms with E-state index in [1.807, 2.05) is 0 Å². The average molecular weight is 330 g/mol. The molecule has 0 bridgehead atoms. The van der Waals surface area contributed by atoms with Gasteiger partial charge in [0.1, 0.15) is 9.88 Å². The molecule has 0 radical (unpaired) electrons. The standard InChI is InChI=1S/C13H9Cl2NO3S/c1-6(17)11-10(13(18)19-2)16-12(20-11)8-5-7(14)3-4-9(8)15/h3-5H,1-2H3. The molecule has 104 valence electrons. The highest BCUT2D eigenvalue weighted by Crippen LogP contribution is 2.35. The van der Waals surface area contributed by atoms with Crippen molar-refractivity contribution < 1.29 is 14.3 Å². The number of aromatic nitrogens is 1. The van der Waals surface area contributed by atoms with Gasteiger partial charge in [-0.3, -0.25) is 4.79 Å². The Labute approximate surface area is 129 Å². The third-order valence-corrected chi connectivity index (χ3v) is 4.24. The van der Waals surface area contributed by atoms with Crippen molar-refractivity contribution in [1.29, 1.82) is 0 Å². The second-order valence-electron chi connectivity index (χ2n) is 3.87. The molecule has 0 atom stereocenters. The number of ether oxygens (including phenoxy) is 1. The molecule has 0 aliphatic rings. The predicted molar refractivity (Wildman–Crippen MR) is 78.9 cm³/mol. The Bertz CT molecular complexity index is 697. The van der Waals surface area contributed by atoms with Crippen LogP contribution in [0.4, 0.5) is 0 Å². The molecule has 4 nitrogen and oxygen atoms in total. The Morgan fingerprint density at radius 3 is 2.60 bits per heavy atom. The van der Waals surface area contributed by atoms with Gasteiger partial charge in [-0.15, -0.1) is 11.3 Å². The lowest BCUT2D eigenvalue weighted by Gasteiger charge is -2.00. The van der Waals surface area contributed by atoms with Crippen molar-refractivity contribution in [2.24, 2.45) is 0 Å². The van der Waals surface area contributed by atoms with E-state index >= 15 is 0 Å². The van der Waals surface area contributed by atoms with Crippen molar-refractivity contribution in [3.05, 3.63) is 38.8 Å². The first-order chi connectivity index (χ1) is 9.43. The first-order valence-corrected chi connectivity index (χ1v) is 7.06. The van der Waals surface area contributed by atoms with E-state index in [9.17, 15) is 9.59 Å². The summed E-state index contributed by atoms with van der Waals surface area (Å²) in [5, 5.41) is 1.38. The number of halogens is 2. The first-order valence-electron chi connectivity index (χ1n) is 5.49. The summed E-state index contributed by atoms with van der Waals surface area (Å²) in [6, 6.07) is 4.91. The molecule has 0 unspecified atom stereocenters. The van der Waals surface area contributed by atoms with E-state index in [4.69, 9.17) is 23.2 Å².